The minimum atomic E-state index is 0.582. The van der Waals surface area contributed by atoms with Gasteiger partial charge >= 0.3 is 0 Å². The van der Waals surface area contributed by atoms with Gasteiger partial charge in [0, 0.05) is 22.9 Å². The number of hydrogen-bond donors (Lipinski definition) is 0. The fraction of sp³-hybridized carbons (Fsp3) is 0.400. The molecule has 3 heteroatoms. The third-order valence-corrected chi connectivity index (χ3v) is 9.02. The van der Waals surface area contributed by atoms with Crippen molar-refractivity contribution in [3.63, 3.8) is 0 Å². The normalized spacial score (nSPS) is 28.0. The monoisotopic (exact) mass is 433 g/mol. The number of fused-ring (bicyclic) bond motifs is 3. The quantitative estimate of drug-likeness (QED) is 0.237. The second-order valence-corrected chi connectivity index (χ2v) is 10.9. The second-order valence-electron chi connectivity index (χ2n) is 10.9. The van der Waals surface area contributed by atoms with Crippen molar-refractivity contribution in [2.75, 3.05) is 0 Å². The molecule has 2 aromatic heterocycles. The highest BCUT2D eigenvalue weighted by molar-refractivity contribution is 6.15. The lowest BCUT2D eigenvalue weighted by Crippen LogP contribution is -2.43. The van der Waals surface area contributed by atoms with Gasteiger partial charge in [-0.25, -0.2) is 9.41 Å². The Morgan fingerprint density at radius 3 is 2.36 bits per heavy atom. The fourth-order valence-corrected chi connectivity index (χ4v) is 7.93. The Morgan fingerprint density at radius 1 is 0.909 bits per heavy atom. The molecule has 4 fully saturated rings. The van der Waals surface area contributed by atoms with E-state index in [0.717, 1.165) is 56.9 Å². The Hall–Kier alpha value is -3.12. The molecule has 164 valence electrons. The van der Waals surface area contributed by atoms with E-state index < -0.39 is 0 Å². The van der Waals surface area contributed by atoms with Crippen LogP contribution in [0.5, 0.6) is 0 Å². The number of nitrogens with zero attached hydrogens (tertiary/aromatic N) is 2. The average molecular weight is 434 g/mol. The highest BCUT2D eigenvalue weighted by Crippen LogP contribution is 2.61. The zero-order valence-electron chi connectivity index (χ0n) is 19.3. The number of hydrogen-bond acceptors (Lipinski definition) is 1. The fourth-order valence-electron chi connectivity index (χ4n) is 7.93. The Morgan fingerprint density at radius 2 is 1.67 bits per heavy atom. The summed E-state index contributed by atoms with van der Waals surface area (Å²) in [7, 11) is 2.08. The minimum absolute atomic E-state index is 0.582. The van der Waals surface area contributed by atoms with E-state index in [1.807, 2.05) is 0 Å². The number of pyridine rings is 1. The predicted molar refractivity (Wildman–Crippen MR) is 131 cm³/mol. The van der Waals surface area contributed by atoms with Gasteiger partial charge in [0.05, 0.1) is 12.1 Å². The summed E-state index contributed by atoms with van der Waals surface area (Å²) in [4.78, 5) is 3.93. The van der Waals surface area contributed by atoms with Crippen LogP contribution in [0.25, 0.3) is 38.0 Å². The van der Waals surface area contributed by atoms with Crippen LogP contribution in [0.2, 0.25) is 0 Å². The number of aromatic nitrogens is 1. The largest absolute Gasteiger partial charge is 0.456 e. The first-order chi connectivity index (χ1) is 16.1. The summed E-state index contributed by atoms with van der Waals surface area (Å²) >= 11 is 0. The van der Waals surface area contributed by atoms with Crippen molar-refractivity contribution in [1.82, 2.24) is 0 Å². The molecule has 4 aromatic rings. The maximum absolute atomic E-state index is 7.89. The standard InChI is InChI=1S/C30H29N2O/c1-17-7-8-23-28-24(31-2)10-9-22(27-20-13-18-12-19(15-20)16-21(27)14-18)30(28)33-29(23)26(17)25-6-4-5-11-32(25)3/h4-11,18-21,27H,12-16H2,1,3H3/q+1. The zero-order chi connectivity index (χ0) is 22.3. The van der Waals surface area contributed by atoms with Gasteiger partial charge in [-0.2, -0.15) is 0 Å². The number of benzene rings is 2. The molecule has 3 nitrogen and oxygen atoms in total. The van der Waals surface area contributed by atoms with Gasteiger partial charge in [0.15, 0.2) is 11.9 Å². The maximum Gasteiger partial charge on any atom is 0.216 e. The van der Waals surface area contributed by atoms with Crippen LogP contribution in [-0.4, -0.2) is 0 Å². The molecule has 2 heterocycles. The summed E-state index contributed by atoms with van der Waals surface area (Å²) in [5, 5.41) is 2.09. The Kier molecular flexibility index (Phi) is 4.07. The first-order valence-electron chi connectivity index (χ1n) is 12.4. The number of aryl methyl sites for hydroxylation is 2. The molecule has 0 spiro atoms. The van der Waals surface area contributed by atoms with Crippen LogP contribution in [0.15, 0.2) is 53.1 Å². The van der Waals surface area contributed by atoms with E-state index in [-0.39, 0.29) is 0 Å². The second kappa shape index (κ2) is 6.94. The van der Waals surface area contributed by atoms with E-state index in [1.54, 1.807) is 0 Å². The van der Waals surface area contributed by atoms with E-state index >= 15 is 0 Å². The van der Waals surface area contributed by atoms with Crippen LogP contribution < -0.4 is 4.57 Å². The molecule has 0 aliphatic heterocycles. The van der Waals surface area contributed by atoms with Gasteiger partial charge in [-0.05, 0) is 85.8 Å². The van der Waals surface area contributed by atoms with Gasteiger partial charge in [0.25, 0.3) is 0 Å². The van der Waals surface area contributed by atoms with Crippen molar-refractivity contribution in [2.24, 2.45) is 30.7 Å². The molecule has 0 atom stereocenters. The summed E-state index contributed by atoms with van der Waals surface area (Å²) in [6.45, 7) is 10.0. The first kappa shape index (κ1) is 19.4. The molecule has 8 rings (SSSR count). The molecule has 0 amide bonds. The SMILES string of the molecule is [C-]#[N+]c1ccc(C2C3CC4CC(C3)CC2C4)c2oc3c(-c4cccc[n+]4C)c(C)ccc3c12. The van der Waals surface area contributed by atoms with E-state index in [0.29, 0.717) is 11.6 Å². The number of furan rings is 1. The van der Waals surface area contributed by atoms with Gasteiger partial charge < -0.3 is 4.42 Å². The van der Waals surface area contributed by atoms with Crippen molar-refractivity contribution in [1.29, 1.82) is 0 Å². The van der Waals surface area contributed by atoms with Crippen molar-refractivity contribution in [2.45, 2.75) is 44.9 Å². The lowest BCUT2D eigenvalue weighted by molar-refractivity contribution is -0.660. The molecular weight excluding hydrogens is 404 g/mol. The van der Waals surface area contributed by atoms with Crippen LogP contribution >= 0.6 is 0 Å². The van der Waals surface area contributed by atoms with E-state index in [1.165, 1.54) is 43.2 Å². The summed E-state index contributed by atoms with van der Waals surface area (Å²) < 4.78 is 9.00. The van der Waals surface area contributed by atoms with Gasteiger partial charge in [-0.15, -0.1) is 0 Å². The summed E-state index contributed by atoms with van der Waals surface area (Å²) in [6.07, 6.45) is 9.08. The molecule has 0 N–H and O–H groups in total. The molecule has 2 aromatic carbocycles. The van der Waals surface area contributed by atoms with Crippen molar-refractivity contribution in [3.8, 4) is 11.3 Å². The highest BCUT2D eigenvalue weighted by atomic mass is 16.3. The lowest BCUT2D eigenvalue weighted by atomic mass is 9.50. The molecule has 0 radical (unpaired) electrons. The van der Waals surface area contributed by atoms with Crippen LogP contribution in [-0.2, 0) is 7.05 Å². The van der Waals surface area contributed by atoms with Gasteiger partial charge in [-0.3, -0.25) is 0 Å². The Labute approximate surface area is 194 Å². The minimum Gasteiger partial charge on any atom is -0.456 e. The van der Waals surface area contributed by atoms with Crippen molar-refractivity contribution >= 4 is 27.6 Å². The Bertz CT molecular complexity index is 1440. The Balaban J connectivity index is 1.51. The lowest BCUT2D eigenvalue weighted by Gasteiger charge is -2.54. The van der Waals surface area contributed by atoms with E-state index in [2.05, 4.69) is 72.0 Å². The molecular formula is C30H29N2O+. The summed E-state index contributed by atoms with van der Waals surface area (Å²) in [6, 6.07) is 14.9. The molecule has 0 saturated heterocycles. The zero-order valence-corrected chi connectivity index (χ0v) is 19.3. The highest BCUT2D eigenvalue weighted by Gasteiger charge is 2.49. The molecule has 4 bridgehead atoms. The van der Waals surface area contributed by atoms with E-state index in [9.17, 15) is 0 Å². The third kappa shape index (κ3) is 2.70. The maximum atomic E-state index is 7.89. The summed E-state index contributed by atoms with van der Waals surface area (Å²) in [5.74, 6) is 4.04. The average Bonchev–Trinajstić information content (AvgIpc) is 3.19. The number of rotatable bonds is 2. The van der Waals surface area contributed by atoms with Gasteiger partial charge in [0.1, 0.15) is 18.2 Å². The van der Waals surface area contributed by atoms with Crippen LogP contribution in [0.4, 0.5) is 5.69 Å². The predicted octanol–water partition coefficient (Wildman–Crippen LogP) is 7.48. The topological polar surface area (TPSA) is 21.4 Å². The van der Waals surface area contributed by atoms with Crippen molar-refractivity contribution in [3.05, 3.63) is 71.2 Å². The molecule has 4 aliphatic rings. The first-order valence-corrected chi connectivity index (χ1v) is 12.4. The molecule has 4 aliphatic carbocycles. The molecule has 4 saturated carbocycles. The third-order valence-electron chi connectivity index (χ3n) is 9.02. The van der Waals surface area contributed by atoms with Crippen molar-refractivity contribution < 1.29 is 8.98 Å². The van der Waals surface area contributed by atoms with Crippen LogP contribution in [0.1, 0.15) is 49.1 Å². The molecule has 0 unspecified atom stereocenters. The van der Waals surface area contributed by atoms with Gasteiger partial charge in [0.2, 0.25) is 5.69 Å². The van der Waals surface area contributed by atoms with E-state index in [4.69, 9.17) is 11.0 Å². The molecule has 33 heavy (non-hydrogen) atoms. The van der Waals surface area contributed by atoms with Crippen LogP contribution in [0.3, 0.4) is 0 Å². The summed E-state index contributed by atoms with van der Waals surface area (Å²) in [5.41, 5.74) is 7.45. The smallest absolute Gasteiger partial charge is 0.216 e. The van der Waals surface area contributed by atoms with Gasteiger partial charge in [-0.1, -0.05) is 24.3 Å². The van der Waals surface area contributed by atoms with Crippen LogP contribution in [0, 0.1) is 37.2 Å².